The van der Waals surface area contributed by atoms with Gasteiger partial charge in [0.2, 0.25) is 0 Å². The number of thiophene rings is 1. The average molecular weight is 228 g/mol. The van der Waals surface area contributed by atoms with Crippen molar-refractivity contribution < 1.29 is 9.63 Å². The number of carbonyl (C=O) groups excluding carboxylic acids is 1. The highest BCUT2D eigenvalue weighted by Gasteiger charge is 2.24. The second-order valence-electron chi connectivity index (χ2n) is 2.67. The molecule has 0 atom stereocenters. The summed E-state index contributed by atoms with van der Waals surface area (Å²) in [6.07, 6.45) is 1.73. The first-order valence-corrected chi connectivity index (χ1v) is 5.37. The van der Waals surface area contributed by atoms with Gasteiger partial charge < -0.3 is 4.84 Å². The highest BCUT2D eigenvalue weighted by molar-refractivity contribution is 7.08. The molecule has 0 aliphatic carbocycles. The molecule has 0 N–H and O–H groups in total. The van der Waals surface area contributed by atoms with E-state index >= 15 is 0 Å². The molecule has 0 saturated heterocycles. The molecule has 14 heavy (non-hydrogen) atoms. The lowest BCUT2D eigenvalue weighted by Crippen LogP contribution is -2.06. The largest absolute Gasteiger partial charge is 0.367 e. The van der Waals surface area contributed by atoms with E-state index in [1.807, 2.05) is 16.8 Å². The first-order chi connectivity index (χ1) is 6.81. The van der Waals surface area contributed by atoms with Gasteiger partial charge in [-0.2, -0.15) is 11.3 Å². The van der Waals surface area contributed by atoms with Crippen LogP contribution in [0, 0.1) is 0 Å². The molecule has 0 aromatic carbocycles. The fraction of sp³-hybridized carbons (Fsp3) is 0.111. The lowest BCUT2D eigenvalue weighted by molar-refractivity contribution is -0.136. The minimum absolute atomic E-state index is 0.182. The van der Waals surface area contributed by atoms with E-state index in [1.165, 1.54) is 0 Å². The van der Waals surface area contributed by atoms with Crippen molar-refractivity contribution in [3.8, 4) is 0 Å². The summed E-state index contributed by atoms with van der Waals surface area (Å²) in [5, 5.41) is 7.44. The molecule has 0 amide bonds. The van der Waals surface area contributed by atoms with Crippen LogP contribution in [0.15, 0.2) is 27.6 Å². The third kappa shape index (κ3) is 1.71. The quantitative estimate of drug-likeness (QED) is 0.442. The van der Waals surface area contributed by atoms with Crippen molar-refractivity contribution in [1.82, 2.24) is 0 Å². The molecule has 0 fully saturated rings. The molecule has 1 aliphatic heterocycles. The van der Waals surface area contributed by atoms with Gasteiger partial charge in [-0.05, 0) is 28.5 Å². The van der Waals surface area contributed by atoms with E-state index in [-0.39, 0.29) is 5.88 Å². The van der Waals surface area contributed by atoms with Crippen LogP contribution in [0.3, 0.4) is 0 Å². The van der Waals surface area contributed by atoms with Crippen molar-refractivity contribution in [1.29, 1.82) is 0 Å². The van der Waals surface area contributed by atoms with Gasteiger partial charge in [0, 0.05) is 0 Å². The lowest BCUT2D eigenvalue weighted by atomic mass is 10.1. The van der Waals surface area contributed by atoms with Gasteiger partial charge in [0.15, 0.2) is 0 Å². The van der Waals surface area contributed by atoms with Crippen LogP contribution in [0.1, 0.15) is 5.56 Å². The van der Waals surface area contributed by atoms with Crippen molar-refractivity contribution in [3.63, 3.8) is 0 Å². The Hall–Kier alpha value is -1.13. The lowest BCUT2D eigenvalue weighted by Gasteiger charge is -1.92. The number of hydrogen-bond acceptors (Lipinski definition) is 4. The van der Waals surface area contributed by atoms with Gasteiger partial charge >= 0.3 is 5.97 Å². The molecule has 0 saturated carbocycles. The van der Waals surface area contributed by atoms with E-state index in [0.29, 0.717) is 11.3 Å². The molecule has 1 aromatic heterocycles. The third-order valence-electron chi connectivity index (χ3n) is 1.75. The molecule has 0 unspecified atom stereocenters. The summed E-state index contributed by atoms with van der Waals surface area (Å²) in [5.41, 5.74) is 1.89. The van der Waals surface area contributed by atoms with Gasteiger partial charge in [-0.25, -0.2) is 4.79 Å². The van der Waals surface area contributed by atoms with E-state index < -0.39 is 5.97 Å². The van der Waals surface area contributed by atoms with Crippen LogP contribution in [0.2, 0.25) is 0 Å². The molecule has 5 heteroatoms. The molecule has 2 heterocycles. The maximum atomic E-state index is 11.2. The molecular weight excluding hydrogens is 222 g/mol. The zero-order valence-corrected chi connectivity index (χ0v) is 8.64. The Morgan fingerprint density at radius 2 is 2.50 bits per heavy atom. The number of oxime groups is 1. The Kier molecular flexibility index (Phi) is 2.65. The van der Waals surface area contributed by atoms with Crippen molar-refractivity contribution in [3.05, 3.63) is 28.0 Å². The second-order valence-corrected chi connectivity index (χ2v) is 3.71. The second kappa shape index (κ2) is 3.94. The number of rotatable bonds is 2. The maximum absolute atomic E-state index is 11.2. The molecule has 2 rings (SSSR count). The van der Waals surface area contributed by atoms with Gasteiger partial charge in [-0.1, -0.05) is 5.16 Å². The van der Waals surface area contributed by atoms with Gasteiger partial charge in [-0.3, -0.25) is 0 Å². The number of hydrogen-bond donors (Lipinski definition) is 0. The van der Waals surface area contributed by atoms with E-state index in [4.69, 9.17) is 11.6 Å². The number of carbonyl (C=O) groups is 1. The Morgan fingerprint density at radius 1 is 1.64 bits per heavy atom. The number of halogens is 1. The predicted octanol–water partition coefficient (Wildman–Crippen LogP) is 2.28. The van der Waals surface area contributed by atoms with Gasteiger partial charge in [0.25, 0.3) is 0 Å². The zero-order valence-electron chi connectivity index (χ0n) is 7.07. The van der Waals surface area contributed by atoms with Crippen molar-refractivity contribution in [2.75, 3.05) is 5.88 Å². The van der Waals surface area contributed by atoms with Crippen LogP contribution in [0.5, 0.6) is 0 Å². The van der Waals surface area contributed by atoms with Crippen LogP contribution >= 0.6 is 22.9 Å². The molecule has 1 aromatic rings. The van der Waals surface area contributed by atoms with Crippen molar-refractivity contribution in [2.45, 2.75) is 0 Å². The molecule has 72 valence electrons. The highest BCUT2D eigenvalue weighted by Crippen LogP contribution is 2.17. The highest BCUT2D eigenvalue weighted by atomic mass is 35.5. The monoisotopic (exact) mass is 227 g/mol. The zero-order chi connectivity index (χ0) is 9.97. The Bertz CT molecular complexity index is 408. The average Bonchev–Trinajstić information content (AvgIpc) is 2.79. The minimum Gasteiger partial charge on any atom is -0.312 e. The van der Waals surface area contributed by atoms with Crippen LogP contribution in [0.25, 0.3) is 6.08 Å². The van der Waals surface area contributed by atoms with E-state index in [2.05, 4.69) is 9.99 Å². The fourth-order valence-corrected chi connectivity index (χ4v) is 1.89. The number of nitrogens with zero attached hydrogens (tertiary/aromatic N) is 1. The van der Waals surface area contributed by atoms with Gasteiger partial charge in [0.05, 0.1) is 11.5 Å². The fourth-order valence-electron chi connectivity index (χ4n) is 1.08. The standard InChI is InChI=1S/C9H6ClNO2S/c10-4-8-7(9(12)13-11-8)3-6-1-2-14-5-6/h1-3,5H,4H2/b7-3-. The summed E-state index contributed by atoms with van der Waals surface area (Å²) < 4.78 is 0. The minimum atomic E-state index is -0.438. The summed E-state index contributed by atoms with van der Waals surface area (Å²) in [6, 6.07) is 1.91. The SMILES string of the molecule is O=C1ON=C(CCl)/C1=C/c1ccsc1. The normalized spacial score (nSPS) is 18.5. The van der Waals surface area contributed by atoms with Crippen molar-refractivity contribution in [2.24, 2.45) is 5.16 Å². The Balaban J connectivity index is 2.33. The first-order valence-electron chi connectivity index (χ1n) is 3.89. The summed E-state index contributed by atoms with van der Waals surface area (Å²) >= 11 is 7.17. The summed E-state index contributed by atoms with van der Waals surface area (Å²) in [7, 11) is 0. The smallest absolute Gasteiger partial charge is 0.312 e. The summed E-state index contributed by atoms with van der Waals surface area (Å²) in [5.74, 6) is -0.256. The molecule has 0 bridgehead atoms. The Labute approximate surface area is 89.6 Å². The molecule has 0 spiro atoms. The molecule has 1 aliphatic rings. The maximum Gasteiger partial charge on any atom is 0.367 e. The van der Waals surface area contributed by atoms with Crippen LogP contribution in [-0.4, -0.2) is 17.6 Å². The summed E-state index contributed by atoms with van der Waals surface area (Å²) in [4.78, 5) is 15.7. The van der Waals surface area contributed by atoms with Gasteiger partial charge in [0.1, 0.15) is 5.71 Å². The van der Waals surface area contributed by atoms with Crippen molar-refractivity contribution >= 4 is 40.7 Å². The molecular formula is C9H6ClNO2S. The Morgan fingerprint density at radius 3 is 3.14 bits per heavy atom. The predicted molar refractivity (Wildman–Crippen MR) is 56.5 cm³/mol. The van der Waals surface area contributed by atoms with E-state index in [1.54, 1.807) is 17.4 Å². The molecule has 0 radical (unpaired) electrons. The van der Waals surface area contributed by atoms with Gasteiger partial charge in [-0.15, -0.1) is 11.6 Å². The van der Waals surface area contributed by atoms with Crippen LogP contribution < -0.4 is 0 Å². The van der Waals surface area contributed by atoms with E-state index in [9.17, 15) is 4.79 Å². The first kappa shape index (κ1) is 9.43. The third-order valence-corrected chi connectivity index (χ3v) is 2.70. The molecule has 3 nitrogen and oxygen atoms in total. The summed E-state index contributed by atoms with van der Waals surface area (Å²) in [6.45, 7) is 0. The van der Waals surface area contributed by atoms with Crippen LogP contribution in [-0.2, 0) is 9.63 Å². The van der Waals surface area contributed by atoms with Crippen LogP contribution in [0.4, 0.5) is 0 Å². The number of alkyl halides is 1. The topological polar surface area (TPSA) is 38.7 Å². The van der Waals surface area contributed by atoms with E-state index in [0.717, 1.165) is 5.56 Å².